The fraction of sp³-hybridized carbons (Fsp3) is 1.00. The van der Waals surface area contributed by atoms with Gasteiger partial charge in [0.05, 0.1) is 13.2 Å². The van der Waals surface area contributed by atoms with Gasteiger partial charge in [0.2, 0.25) is 0 Å². The summed E-state index contributed by atoms with van der Waals surface area (Å²) in [4.78, 5) is 0. The minimum absolute atomic E-state index is 0.148. The first-order valence-corrected chi connectivity index (χ1v) is 7.33. The van der Waals surface area contributed by atoms with Gasteiger partial charge in [-0.3, -0.25) is 0 Å². The van der Waals surface area contributed by atoms with Crippen molar-refractivity contribution >= 4 is 0 Å². The number of ether oxygens (including phenoxy) is 6. The summed E-state index contributed by atoms with van der Waals surface area (Å²) in [7, 11) is 4.77. The van der Waals surface area contributed by atoms with E-state index >= 15 is 0 Å². The third-order valence-corrected chi connectivity index (χ3v) is 4.06. The van der Waals surface area contributed by atoms with Crippen LogP contribution in [0.2, 0.25) is 0 Å². The van der Waals surface area contributed by atoms with E-state index in [2.05, 4.69) is 0 Å². The molecule has 7 heteroatoms. The maximum atomic E-state index is 9.50. The van der Waals surface area contributed by atoms with Gasteiger partial charge in [-0.25, -0.2) is 0 Å². The van der Waals surface area contributed by atoms with Crippen LogP contribution < -0.4 is 0 Å². The summed E-state index contributed by atoms with van der Waals surface area (Å²) < 4.78 is 33.5. The minimum atomic E-state index is -0.468. The van der Waals surface area contributed by atoms with E-state index in [0.29, 0.717) is 6.61 Å². The average Bonchev–Trinajstić information content (AvgIpc) is 3.04. The number of rotatable bonds is 7. The van der Waals surface area contributed by atoms with Crippen molar-refractivity contribution in [2.24, 2.45) is 0 Å². The first-order chi connectivity index (χ1) is 10.2. The highest BCUT2D eigenvalue weighted by Gasteiger charge is 2.47. The van der Waals surface area contributed by atoms with Crippen molar-refractivity contribution in [1.29, 1.82) is 0 Å². The molecule has 7 nitrogen and oxygen atoms in total. The van der Waals surface area contributed by atoms with Gasteiger partial charge in [0.15, 0.2) is 6.29 Å². The maximum absolute atomic E-state index is 9.50. The average molecular weight is 306 g/mol. The van der Waals surface area contributed by atoms with Crippen LogP contribution in [0, 0.1) is 0 Å². The van der Waals surface area contributed by atoms with Crippen LogP contribution in [0.15, 0.2) is 0 Å². The lowest BCUT2D eigenvalue weighted by Crippen LogP contribution is -2.61. The highest BCUT2D eigenvalue weighted by atomic mass is 16.7. The molecular weight excluding hydrogens is 280 g/mol. The SMILES string of the molecule is CO[C@@H]1[C@@H](OC)[C@H](CO)O[C@H](COC2CCCO2)[C@H]1OC. The Balaban J connectivity index is 2.00. The molecule has 0 aromatic rings. The van der Waals surface area contributed by atoms with E-state index in [9.17, 15) is 5.11 Å². The van der Waals surface area contributed by atoms with Crippen LogP contribution in [0.5, 0.6) is 0 Å². The van der Waals surface area contributed by atoms with E-state index in [0.717, 1.165) is 19.4 Å². The van der Waals surface area contributed by atoms with E-state index in [1.165, 1.54) is 0 Å². The van der Waals surface area contributed by atoms with Crippen molar-refractivity contribution in [1.82, 2.24) is 0 Å². The molecule has 1 unspecified atom stereocenters. The summed E-state index contributed by atoms with van der Waals surface area (Å²) in [5.74, 6) is 0. The Morgan fingerprint density at radius 1 is 1.00 bits per heavy atom. The van der Waals surface area contributed by atoms with Crippen LogP contribution in [-0.2, 0) is 28.4 Å². The van der Waals surface area contributed by atoms with Gasteiger partial charge in [-0.05, 0) is 6.42 Å². The second-order valence-corrected chi connectivity index (χ2v) is 5.27. The van der Waals surface area contributed by atoms with Crippen molar-refractivity contribution in [3.05, 3.63) is 0 Å². The standard InChI is InChI=1S/C14H26O7/c1-16-12-9(7-15)21-10(13(17-2)14(12)18-3)8-20-11-5-4-6-19-11/h9-15H,4-8H2,1-3H3/t9-,10+,11?,12-,13+,14+/m0/s1. The lowest BCUT2D eigenvalue weighted by molar-refractivity contribution is -0.264. The highest BCUT2D eigenvalue weighted by molar-refractivity contribution is 4.94. The van der Waals surface area contributed by atoms with Crippen molar-refractivity contribution in [2.75, 3.05) is 41.2 Å². The molecule has 0 saturated carbocycles. The molecule has 0 amide bonds. The van der Waals surface area contributed by atoms with Crippen LogP contribution in [0.3, 0.4) is 0 Å². The first kappa shape index (κ1) is 17.1. The first-order valence-electron chi connectivity index (χ1n) is 7.33. The molecule has 0 aromatic heterocycles. The van der Waals surface area contributed by atoms with Gasteiger partial charge in [0.25, 0.3) is 0 Å². The minimum Gasteiger partial charge on any atom is -0.394 e. The molecule has 0 aliphatic carbocycles. The van der Waals surface area contributed by atoms with Gasteiger partial charge in [0.1, 0.15) is 30.5 Å². The van der Waals surface area contributed by atoms with E-state index in [-0.39, 0.29) is 37.3 Å². The predicted octanol–water partition coefficient (Wildman–Crippen LogP) is -0.0558. The molecule has 2 rings (SSSR count). The zero-order valence-corrected chi connectivity index (χ0v) is 12.9. The van der Waals surface area contributed by atoms with Gasteiger partial charge >= 0.3 is 0 Å². The lowest BCUT2D eigenvalue weighted by Gasteiger charge is -2.44. The Labute approximate surface area is 125 Å². The highest BCUT2D eigenvalue weighted by Crippen LogP contribution is 2.28. The number of hydrogen-bond acceptors (Lipinski definition) is 7. The Bertz CT molecular complexity index is 295. The smallest absolute Gasteiger partial charge is 0.157 e. The van der Waals surface area contributed by atoms with Gasteiger partial charge in [-0.15, -0.1) is 0 Å². The van der Waals surface area contributed by atoms with Gasteiger partial charge in [0, 0.05) is 34.4 Å². The number of methoxy groups -OCH3 is 3. The largest absolute Gasteiger partial charge is 0.394 e. The fourth-order valence-corrected chi connectivity index (χ4v) is 2.99. The molecule has 2 fully saturated rings. The summed E-state index contributed by atoms with van der Waals surface area (Å²) in [6, 6.07) is 0. The second kappa shape index (κ2) is 8.38. The molecule has 0 bridgehead atoms. The zero-order valence-electron chi connectivity index (χ0n) is 12.9. The molecule has 0 aromatic carbocycles. The van der Waals surface area contributed by atoms with Crippen LogP contribution in [0.1, 0.15) is 12.8 Å². The third-order valence-electron chi connectivity index (χ3n) is 4.06. The summed E-state index contributed by atoms with van der Waals surface area (Å²) in [5, 5.41) is 9.50. The van der Waals surface area contributed by atoms with Crippen molar-refractivity contribution < 1.29 is 33.5 Å². The topological polar surface area (TPSA) is 75.6 Å². The lowest BCUT2D eigenvalue weighted by atomic mass is 9.95. The van der Waals surface area contributed by atoms with Crippen LogP contribution in [0.4, 0.5) is 0 Å². The Morgan fingerprint density at radius 3 is 2.19 bits per heavy atom. The normalized spacial score (nSPS) is 40.6. The second-order valence-electron chi connectivity index (χ2n) is 5.27. The maximum Gasteiger partial charge on any atom is 0.157 e. The van der Waals surface area contributed by atoms with Crippen LogP contribution in [-0.4, -0.2) is 83.1 Å². The van der Waals surface area contributed by atoms with Gasteiger partial charge in [-0.2, -0.15) is 0 Å². The Morgan fingerprint density at radius 2 is 1.67 bits per heavy atom. The Hall–Kier alpha value is -0.280. The summed E-state index contributed by atoms with van der Waals surface area (Å²) >= 11 is 0. The van der Waals surface area contributed by atoms with E-state index < -0.39 is 6.10 Å². The molecular formula is C14H26O7. The van der Waals surface area contributed by atoms with E-state index in [4.69, 9.17) is 28.4 Å². The summed E-state index contributed by atoms with van der Waals surface area (Å²) in [6.45, 7) is 0.913. The van der Waals surface area contributed by atoms with Crippen LogP contribution >= 0.6 is 0 Å². The molecule has 21 heavy (non-hydrogen) atoms. The zero-order chi connectivity index (χ0) is 15.2. The van der Waals surface area contributed by atoms with Crippen LogP contribution in [0.25, 0.3) is 0 Å². The van der Waals surface area contributed by atoms with E-state index in [1.807, 2.05) is 0 Å². The molecule has 124 valence electrons. The van der Waals surface area contributed by atoms with Gasteiger partial charge in [-0.1, -0.05) is 0 Å². The number of hydrogen-bond donors (Lipinski definition) is 1. The molecule has 6 atom stereocenters. The quantitative estimate of drug-likeness (QED) is 0.706. The monoisotopic (exact) mass is 306 g/mol. The predicted molar refractivity (Wildman–Crippen MR) is 73.1 cm³/mol. The molecule has 2 heterocycles. The van der Waals surface area contributed by atoms with Gasteiger partial charge < -0.3 is 33.5 Å². The molecule has 0 spiro atoms. The molecule has 2 aliphatic heterocycles. The molecule has 2 aliphatic rings. The van der Waals surface area contributed by atoms with Crippen molar-refractivity contribution in [3.8, 4) is 0 Å². The molecule has 2 saturated heterocycles. The Kier molecular flexibility index (Phi) is 6.81. The molecule has 1 N–H and O–H groups in total. The third kappa shape index (κ3) is 3.92. The summed E-state index contributed by atoms with van der Waals surface area (Å²) in [6.07, 6.45) is -0.133. The summed E-state index contributed by atoms with van der Waals surface area (Å²) in [5.41, 5.74) is 0. The van der Waals surface area contributed by atoms with E-state index in [1.54, 1.807) is 21.3 Å². The molecule has 0 radical (unpaired) electrons. The van der Waals surface area contributed by atoms with Crippen molar-refractivity contribution in [3.63, 3.8) is 0 Å². The number of aliphatic hydroxyl groups is 1. The fourth-order valence-electron chi connectivity index (χ4n) is 2.99. The van der Waals surface area contributed by atoms with Crippen molar-refractivity contribution in [2.45, 2.75) is 49.7 Å². The number of aliphatic hydroxyl groups excluding tert-OH is 1.